The summed E-state index contributed by atoms with van der Waals surface area (Å²) in [5, 5.41) is 6.27. The molecule has 0 aliphatic heterocycles. The highest BCUT2D eigenvalue weighted by molar-refractivity contribution is 7.92. The lowest BCUT2D eigenvalue weighted by atomic mass is 10.1. The number of benzene rings is 1. The van der Waals surface area contributed by atoms with E-state index in [1.807, 2.05) is 52.0 Å². The molecule has 0 radical (unpaired) electrons. The Kier molecular flexibility index (Phi) is 7.50. The van der Waals surface area contributed by atoms with E-state index in [2.05, 4.69) is 15.6 Å². The lowest BCUT2D eigenvalue weighted by molar-refractivity contribution is 0.129. The number of ether oxygens (including phenoxy) is 1. The van der Waals surface area contributed by atoms with Gasteiger partial charge in [-0.15, -0.1) is 0 Å². The Bertz CT molecular complexity index is 720. The van der Waals surface area contributed by atoms with Crippen molar-refractivity contribution in [1.29, 1.82) is 0 Å². The minimum absolute atomic E-state index is 0.276. The standard InChI is InChI=1S/C19H33N3O3S/c1-8-20-17(22-14-19(5,6)26(7,23)24)21-13-15-11-9-10-12-16(15)25-18(2,3)4/h9-12H,8,13-14H2,1-7H3,(H2,20,21,22). The van der Waals surface area contributed by atoms with Crippen LogP contribution in [0, 0.1) is 0 Å². The summed E-state index contributed by atoms with van der Waals surface area (Å²) in [4.78, 5) is 4.58. The minimum atomic E-state index is -3.17. The van der Waals surface area contributed by atoms with Crippen LogP contribution in [-0.2, 0) is 16.4 Å². The van der Waals surface area contributed by atoms with Gasteiger partial charge in [0.25, 0.3) is 0 Å². The van der Waals surface area contributed by atoms with Gasteiger partial charge in [-0.25, -0.2) is 13.4 Å². The molecule has 1 aromatic rings. The second kappa shape index (κ2) is 8.75. The van der Waals surface area contributed by atoms with Crippen molar-refractivity contribution < 1.29 is 13.2 Å². The van der Waals surface area contributed by atoms with Gasteiger partial charge >= 0.3 is 0 Å². The molecule has 7 heteroatoms. The van der Waals surface area contributed by atoms with Gasteiger partial charge in [-0.2, -0.15) is 0 Å². The van der Waals surface area contributed by atoms with Crippen LogP contribution in [0.3, 0.4) is 0 Å². The Labute approximate surface area is 158 Å². The van der Waals surface area contributed by atoms with Gasteiger partial charge < -0.3 is 15.4 Å². The van der Waals surface area contributed by atoms with Crippen molar-refractivity contribution in [1.82, 2.24) is 10.6 Å². The Hall–Kier alpha value is -1.76. The number of aliphatic imine (C=N–C) groups is 1. The van der Waals surface area contributed by atoms with Crippen molar-refractivity contribution >= 4 is 15.8 Å². The molecule has 0 amide bonds. The number of para-hydroxylation sites is 1. The summed E-state index contributed by atoms with van der Waals surface area (Å²) in [5.41, 5.74) is 0.684. The highest BCUT2D eigenvalue weighted by Gasteiger charge is 2.30. The summed E-state index contributed by atoms with van der Waals surface area (Å²) in [6.45, 7) is 12.8. The fourth-order valence-corrected chi connectivity index (χ4v) is 2.33. The zero-order valence-electron chi connectivity index (χ0n) is 17.0. The minimum Gasteiger partial charge on any atom is -0.488 e. The molecular formula is C19H33N3O3S. The first-order valence-electron chi connectivity index (χ1n) is 8.84. The Balaban J connectivity index is 2.91. The van der Waals surface area contributed by atoms with Gasteiger partial charge in [-0.05, 0) is 47.6 Å². The van der Waals surface area contributed by atoms with E-state index < -0.39 is 14.6 Å². The summed E-state index contributed by atoms with van der Waals surface area (Å²) in [6.07, 6.45) is 1.25. The van der Waals surface area contributed by atoms with Crippen LogP contribution in [0.4, 0.5) is 0 Å². The summed E-state index contributed by atoms with van der Waals surface area (Å²) in [7, 11) is -3.17. The average molecular weight is 384 g/mol. The SMILES string of the molecule is CCNC(=NCc1ccccc1OC(C)(C)C)NCC(C)(C)S(C)(=O)=O. The molecule has 0 spiro atoms. The van der Waals surface area contributed by atoms with Gasteiger partial charge in [-0.1, -0.05) is 18.2 Å². The highest BCUT2D eigenvalue weighted by Crippen LogP contribution is 2.23. The van der Waals surface area contributed by atoms with Crippen LogP contribution < -0.4 is 15.4 Å². The van der Waals surface area contributed by atoms with Crippen LogP contribution >= 0.6 is 0 Å². The lowest BCUT2D eigenvalue weighted by Crippen LogP contribution is -2.47. The molecule has 1 rings (SSSR count). The van der Waals surface area contributed by atoms with E-state index in [-0.39, 0.29) is 12.1 Å². The van der Waals surface area contributed by atoms with E-state index >= 15 is 0 Å². The number of sulfone groups is 1. The number of hydrogen-bond donors (Lipinski definition) is 2. The van der Waals surface area contributed by atoms with Gasteiger partial charge in [-0.3, -0.25) is 0 Å². The number of rotatable bonds is 7. The van der Waals surface area contributed by atoms with E-state index in [1.165, 1.54) is 6.26 Å². The quantitative estimate of drug-likeness (QED) is 0.559. The molecule has 0 unspecified atom stereocenters. The van der Waals surface area contributed by atoms with Crippen molar-refractivity contribution in [2.24, 2.45) is 4.99 Å². The van der Waals surface area contributed by atoms with Crippen LogP contribution in [0.1, 0.15) is 47.1 Å². The summed E-state index contributed by atoms with van der Waals surface area (Å²) >= 11 is 0. The third-order valence-electron chi connectivity index (χ3n) is 3.83. The molecule has 2 N–H and O–H groups in total. The fourth-order valence-electron chi connectivity index (χ4n) is 2.00. The second-order valence-corrected chi connectivity index (χ2v) is 10.6. The molecule has 0 aromatic heterocycles. The number of nitrogens with one attached hydrogen (secondary N) is 2. The van der Waals surface area contributed by atoms with Crippen LogP contribution in [0.15, 0.2) is 29.3 Å². The summed E-state index contributed by atoms with van der Waals surface area (Å²) in [5.74, 6) is 1.38. The molecule has 0 atom stereocenters. The first-order valence-corrected chi connectivity index (χ1v) is 10.7. The second-order valence-electron chi connectivity index (χ2n) is 7.90. The van der Waals surface area contributed by atoms with E-state index in [4.69, 9.17) is 4.74 Å². The molecule has 148 valence electrons. The van der Waals surface area contributed by atoms with Crippen molar-refractivity contribution in [2.75, 3.05) is 19.3 Å². The van der Waals surface area contributed by atoms with Gasteiger partial charge in [0, 0.05) is 24.9 Å². The van der Waals surface area contributed by atoms with Crippen LogP contribution in [0.2, 0.25) is 0 Å². The number of nitrogens with zero attached hydrogens (tertiary/aromatic N) is 1. The maximum absolute atomic E-state index is 11.9. The van der Waals surface area contributed by atoms with Crippen molar-refractivity contribution in [3.05, 3.63) is 29.8 Å². The van der Waals surface area contributed by atoms with Gasteiger partial charge in [0.05, 0.1) is 11.3 Å². The zero-order chi connectivity index (χ0) is 20.0. The smallest absolute Gasteiger partial charge is 0.191 e. The lowest BCUT2D eigenvalue weighted by Gasteiger charge is -2.24. The molecule has 1 aromatic carbocycles. The van der Waals surface area contributed by atoms with E-state index in [9.17, 15) is 8.42 Å². The zero-order valence-corrected chi connectivity index (χ0v) is 17.8. The average Bonchev–Trinajstić information content (AvgIpc) is 2.48. The molecule has 0 heterocycles. The molecule has 6 nitrogen and oxygen atoms in total. The first kappa shape index (κ1) is 22.3. The predicted octanol–water partition coefficient (Wildman–Crippen LogP) is 2.74. The molecule has 0 bridgehead atoms. The number of guanidine groups is 1. The van der Waals surface area contributed by atoms with Crippen molar-refractivity contribution in [3.63, 3.8) is 0 Å². The summed E-state index contributed by atoms with van der Waals surface area (Å²) < 4.78 is 28.8. The van der Waals surface area contributed by atoms with E-state index in [0.717, 1.165) is 11.3 Å². The summed E-state index contributed by atoms with van der Waals surface area (Å²) in [6, 6.07) is 7.80. The first-order chi connectivity index (χ1) is 11.9. The van der Waals surface area contributed by atoms with Gasteiger partial charge in [0.1, 0.15) is 11.4 Å². The monoisotopic (exact) mass is 383 g/mol. The van der Waals surface area contributed by atoms with E-state index in [1.54, 1.807) is 13.8 Å². The normalized spacial score (nSPS) is 13.4. The largest absolute Gasteiger partial charge is 0.488 e. The highest BCUT2D eigenvalue weighted by atomic mass is 32.2. The Morgan fingerprint density at radius 1 is 1.12 bits per heavy atom. The molecule has 0 aliphatic carbocycles. The number of hydrogen-bond acceptors (Lipinski definition) is 4. The molecule has 0 saturated heterocycles. The van der Waals surface area contributed by atoms with Crippen LogP contribution in [0.25, 0.3) is 0 Å². The molecule has 26 heavy (non-hydrogen) atoms. The molecule has 0 fully saturated rings. The molecular weight excluding hydrogens is 350 g/mol. The predicted molar refractivity (Wildman–Crippen MR) is 109 cm³/mol. The maximum atomic E-state index is 11.9. The van der Waals surface area contributed by atoms with Crippen LogP contribution in [-0.4, -0.2) is 44.1 Å². The van der Waals surface area contributed by atoms with Gasteiger partial charge in [0.2, 0.25) is 0 Å². The third-order valence-corrected chi connectivity index (χ3v) is 5.98. The van der Waals surface area contributed by atoms with E-state index in [0.29, 0.717) is 19.0 Å². The molecule has 0 aliphatic rings. The fraction of sp³-hybridized carbons (Fsp3) is 0.632. The molecule has 0 saturated carbocycles. The Morgan fingerprint density at radius 2 is 1.73 bits per heavy atom. The van der Waals surface area contributed by atoms with Gasteiger partial charge in [0.15, 0.2) is 15.8 Å². The maximum Gasteiger partial charge on any atom is 0.191 e. The third kappa shape index (κ3) is 7.23. The van der Waals surface area contributed by atoms with Crippen molar-refractivity contribution in [2.45, 2.75) is 58.4 Å². The topological polar surface area (TPSA) is 79.8 Å². The van der Waals surface area contributed by atoms with Crippen molar-refractivity contribution in [3.8, 4) is 5.75 Å². The van der Waals surface area contributed by atoms with Crippen LogP contribution in [0.5, 0.6) is 5.75 Å². The Morgan fingerprint density at radius 3 is 2.27 bits per heavy atom.